The van der Waals surface area contributed by atoms with Crippen LogP contribution in [0.2, 0.25) is 0 Å². The van der Waals surface area contributed by atoms with Crippen molar-refractivity contribution in [3.05, 3.63) is 23.7 Å². The molecular weight excluding hydrogens is 295 g/mol. The van der Waals surface area contributed by atoms with Crippen molar-refractivity contribution in [1.82, 2.24) is 10.2 Å². The Morgan fingerprint density at radius 1 is 1.20 bits per heavy atom. The molecule has 1 aromatic heterocycles. The Kier molecular flexibility index (Phi) is 8.19. The van der Waals surface area contributed by atoms with Crippen LogP contribution in [0, 0.1) is 5.41 Å². The zero-order valence-electron chi connectivity index (χ0n) is 12.9. The highest BCUT2D eigenvalue weighted by Gasteiger charge is 2.34. The Balaban J connectivity index is 0.00000180. The maximum absolute atomic E-state index is 6.01. The summed E-state index contributed by atoms with van der Waals surface area (Å²) in [6.45, 7) is 13.4. The molecule has 118 valence electrons. The van der Waals surface area contributed by atoms with Crippen LogP contribution in [0.25, 0.3) is 0 Å². The fourth-order valence-electron chi connectivity index (χ4n) is 2.83. The van der Waals surface area contributed by atoms with Crippen molar-refractivity contribution in [2.24, 2.45) is 5.41 Å². The minimum absolute atomic E-state index is 0. The Labute approximate surface area is 135 Å². The lowest BCUT2D eigenvalue weighted by Gasteiger charge is -2.41. The van der Waals surface area contributed by atoms with Gasteiger partial charge in [-0.05, 0) is 17.5 Å². The van der Waals surface area contributed by atoms with E-state index in [1.807, 2.05) is 0 Å². The van der Waals surface area contributed by atoms with Crippen molar-refractivity contribution in [3.63, 3.8) is 0 Å². The van der Waals surface area contributed by atoms with Crippen LogP contribution in [0.15, 0.2) is 16.5 Å². The van der Waals surface area contributed by atoms with Crippen LogP contribution in [-0.4, -0.2) is 31.1 Å². The summed E-state index contributed by atoms with van der Waals surface area (Å²) in [5, 5.41) is 3.42. The average Bonchev–Trinajstić information content (AvgIpc) is 2.77. The molecule has 1 saturated heterocycles. The molecule has 0 spiro atoms. The maximum atomic E-state index is 6.01. The lowest BCUT2D eigenvalue weighted by molar-refractivity contribution is 0.0688. The van der Waals surface area contributed by atoms with Gasteiger partial charge in [0.05, 0.1) is 6.04 Å². The number of hydrogen-bond donors (Lipinski definition) is 1. The largest absolute Gasteiger partial charge is 0.464 e. The van der Waals surface area contributed by atoms with Crippen LogP contribution in [0.4, 0.5) is 0 Å². The number of hydrogen-bond acceptors (Lipinski definition) is 3. The summed E-state index contributed by atoms with van der Waals surface area (Å²) in [4.78, 5) is 2.55. The Morgan fingerprint density at radius 2 is 1.80 bits per heavy atom. The van der Waals surface area contributed by atoms with Crippen LogP contribution in [-0.2, 0) is 6.42 Å². The van der Waals surface area contributed by atoms with E-state index < -0.39 is 0 Å². The summed E-state index contributed by atoms with van der Waals surface area (Å²) in [7, 11) is 0. The maximum Gasteiger partial charge on any atom is 0.121 e. The molecule has 1 aromatic rings. The van der Waals surface area contributed by atoms with Gasteiger partial charge in [0.25, 0.3) is 0 Å². The summed E-state index contributed by atoms with van der Waals surface area (Å²) in [6, 6.07) is 4.66. The Bertz CT molecular complexity index is 381. The highest BCUT2D eigenvalue weighted by atomic mass is 35.5. The Morgan fingerprint density at radius 3 is 2.25 bits per heavy atom. The van der Waals surface area contributed by atoms with Gasteiger partial charge in [0.2, 0.25) is 0 Å². The number of aryl methyl sites for hydroxylation is 1. The molecule has 0 bridgehead atoms. The molecule has 20 heavy (non-hydrogen) atoms. The van der Waals surface area contributed by atoms with Crippen molar-refractivity contribution in [1.29, 1.82) is 0 Å². The zero-order chi connectivity index (χ0) is 13.2. The van der Waals surface area contributed by atoms with Crippen molar-refractivity contribution in [2.75, 3.05) is 26.2 Å². The normalized spacial score (nSPS) is 18.0. The first-order valence-corrected chi connectivity index (χ1v) is 7.05. The molecule has 5 heteroatoms. The number of furan rings is 1. The van der Waals surface area contributed by atoms with E-state index in [1.54, 1.807) is 0 Å². The average molecular weight is 323 g/mol. The fraction of sp³-hybridized carbons (Fsp3) is 0.733. The standard InChI is InChI=1S/C15H26N2O.2ClH/c1-5-12-6-7-13(18-12)14(15(2,3)4)17-10-8-16-9-11-17;;/h6-7,14,16H,5,8-11H2,1-4H3;2*1H/t14-;;/m1../s1. The van der Waals surface area contributed by atoms with Gasteiger partial charge < -0.3 is 9.73 Å². The summed E-state index contributed by atoms with van der Waals surface area (Å²) in [5.41, 5.74) is 0.195. The van der Waals surface area contributed by atoms with Gasteiger partial charge >= 0.3 is 0 Å². The van der Waals surface area contributed by atoms with Crippen LogP contribution < -0.4 is 5.32 Å². The van der Waals surface area contributed by atoms with E-state index in [0.717, 1.165) is 44.1 Å². The van der Waals surface area contributed by atoms with Gasteiger partial charge in [-0.1, -0.05) is 27.7 Å². The van der Waals surface area contributed by atoms with Crippen LogP contribution in [0.5, 0.6) is 0 Å². The molecule has 1 N–H and O–H groups in total. The minimum Gasteiger partial charge on any atom is -0.464 e. The third kappa shape index (κ3) is 4.66. The first-order valence-electron chi connectivity index (χ1n) is 7.05. The second kappa shape index (κ2) is 8.28. The Hall–Kier alpha value is -0.220. The highest BCUT2D eigenvalue weighted by molar-refractivity contribution is 5.85. The van der Waals surface area contributed by atoms with Gasteiger partial charge in [0.15, 0.2) is 0 Å². The van der Waals surface area contributed by atoms with Crippen molar-refractivity contribution >= 4 is 24.8 Å². The van der Waals surface area contributed by atoms with E-state index in [-0.39, 0.29) is 30.2 Å². The lowest BCUT2D eigenvalue weighted by atomic mass is 9.84. The topological polar surface area (TPSA) is 28.4 Å². The first-order chi connectivity index (χ1) is 8.52. The van der Waals surface area contributed by atoms with E-state index in [2.05, 4.69) is 50.0 Å². The molecule has 1 fully saturated rings. The van der Waals surface area contributed by atoms with E-state index in [1.165, 1.54) is 0 Å². The number of nitrogens with zero attached hydrogens (tertiary/aromatic N) is 1. The molecule has 1 aliphatic rings. The van der Waals surface area contributed by atoms with Gasteiger partial charge in [-0.2, -0.15) is 0 Å². The summed E-state index contributed by atoms with van der Waals surface area (Å²) in [6.07, 6.45) is 0.971. The predicted octanol–water partition coefficient (Wildman–Crippen LogP) is 3.68. The number of piperazine rings is 1. The smallest absolute Gasteiger partial charge is 0.121 e. The van der Waals surface area contributed by atoms with Gasteiger partial charge in [0.1, 0.15) is 11.5 Å². The number of rotatable bonds is 3. The molecule has 2 rings (SSSR count). The SMILES string of the molecule is CCc1ccc([C@@H](N2CCNCC2)C(C)(C)C)o1.Cl.Cl. The predicted molar refractivity (Wildman–Crippen MR) is 89.2 cm³/mol. The lowest BCUT2D eigenvalue weighted by Crippen LogP contribution is -2.48. The van der Waals surface area contributed by atoms with Gasteiger partial charge in [-0.25, -0.2) is 0 Å². The quantitative estimate of drug-likeness (QED) is 0.920. The molecule has 0 radical (unpaired) electrons. The summed E-state index contributed by atoms with van der Waals surface area (Å²) >= 11 is 0. The molecule has 0 aromatic carbocycles. The van der Waals surface area contributed by atoms with Gasteiger partial charge in [0, 0.05) is 32.6 Å². The molecule has 0 aliphatic carbocycles. The van der Waals surface area contributed by atoms with E-state index in [0.29, 0.717) is 6.04 Å². The molecule has 0 unspecified atom stereocenters. The van der Waals surface area contributed by atoms with E-state index in [4.69, 9.17) is 4.42 Å². The molecule has 0 saturated carbocycles. The fourth-order valence-corrected chi connectivity index (χ4v) is 2.83. The first kappa shape index (κ1) is 19.8. The van der Waals surface area contributed by atoms with Crippen molar-refractivity contribution < 1.29 is 4.42 Å². The van der Waals surface area contributed by atoms with Gasteiger partial charge in [-0.3, -0.25) is 4.90 Å². The monoisotopic (exact) mass is 322 g/mol. The zero-order valence-corrected chi connectivity index (χ0v) is 14.6. The second-order valence-corrected chi connectivity index (χ2v) is 6.21. The number of halogens is 2. The molecular formula is C15H28Cl2N2O. The van der Waals surface area contributed by atoms with Crippen LogP contribution in [0.1, 0.15) is 45.3 Å². The van der Waals surface area contributed by atoms with E-state index in [9.17, 15) is 0 Å². The third-order valence-corrected chi connectivity index (χ3v) is 3.64. The van der Waals surface area contributed by atoms with E-state index >= 15 is 0 Å². The highest BCUT2D eigenvalue weighted by Crippen LogP contribution is 2.38. The second-order valence-electron chi connectivity index (χ2n) is 6.21. The molecule has 1 aliphatic heterocycles. The summed E-state index contributed by atoms with van der Waals surface area (Å²) < 4.78 is 6.01. The molecule has 1 atom stereocenters. The van der Waals surface area contributed by atoms with Crippen LogP contribution in [0.3, 0.4) is 0 Å². The third-order valence-electron chi connectivity index (χ3n) is 3.64. The van der Waals surface area contributed by atoms with Gasteiger partial charge in [-0.15, -0.1) is 24.8 Å². The molecule has 2 heterocycles. The minimum atomic E-state index is 0. The number of nitrogens with one attached hydrogen (secondary N) is 1. The van der Waals surface area contributed by atoms with Crippen LogP contribution >= 0.6 is 24.8 Å². The molecule has 3 nitrogen and oxygen atoms in total. The van der Waals surface area contributed by atoms with Crippen molar-refractivity contribution in [2.45, 2.75) is 40.2 Å². The summed E-state index contributed by atoms with van der Waals surface area (Å²) in [5.74, 6) is 2.22. The van der Waals surface area contributed by atoms with Crippen molar-refractivity contribution in [3.8, 4) is 0 Å². The molecule has 0 amide bonds.